The molecule has 1 aromatic carbocycles. The molecule has 0 saturated carbocycles. The first-order chi connectivity index (χ1) is 8.82. The van der Waals surface area contributed by atoms with Crippen LogP contribution in [-0.2, 0) is 5.41 Å². The molecule has 19 heavy (non-hydrogen) atoms. The smallest absolute Gasteiger partial charge is 0.171 e. The molecule has 0 atom stereocenters. The highest BCUT2D eigenvalue weighted by molar-refractivity contribution is 7.14. The maximum atomic E-state index is 13.0. The van der Waals surface area contributed by atoms with E-state index in [0.29, 0.717) is 4.88 Å². The highest BCUT2D eigenvalue weighted by Gasteiger charge is 2.28. The van der Waals surface area contributed by atoms with Gasteiger partial charge in [0, 0.05) is 12.3 Å². The van der Waals surface area contributed by atoms with E-state index in [1.54, 1.807) is 19.1 Å². The number of Topliss-reactive ketones (excluding diaryl/α,β-unsaturated/α-hetero) is 1. The van der Waals surface area contributed by atoms with Crippen LogP contribution < -0.4 is 0 Å². The number of hydrogen-bond acceptors (Lipinski definition) is 3. The lowest BCUT2D eigenvalue weighted by Crippen LogP contribution is -2.18. The number of hydrogen-bond donors (Lipinski definition) is 0. The lowest BCUT2D eigenvalue weighted by atomic mass is 9.85. The van der Waals surface area contributed by atoms with Gasteiger partial charge in [-0.05, 0) is 38.5 Å². The van der Waals surface area contributed by atoms with Crippen molar-refractivity contribution in [2.75, 3.05) is 0 Å². The van der Waals surface area contributed by atoms with Gasteiger partial charge >= 0.3 is 0 Å². The van der Waals surface area contributed by atoms with Gasteiger partial charge in [-0.3, -0.25) is 4.79 Å². The summed E-state index contributed by atoms with van der Waals surface area (Å²) in [5.74, 6) is -0.213. The monoisotopic (exact) mass is 277 g/mol. The van der Waals surface area contributed by atoms with Gasteiger partial charge in [-0.2, -0.15) is 0 Å². The number of aryl methyl sites for hydroxylation is 1. The van der Waals surface area contributed by atoms with Crippen molar-refractivity contribution in [2.45, 2.75) is 33.1 Å². The molecule has 0 spiro atoms. The molecule has 0 radical (unpaired) electrons. The molecule has 0 fully saturated rings. The first-order valence-electron chi connectivity index (χ1n) is 6.07. The molecule has 2 nitrogen and oxygen atoms in total. The summed E-state index contributed by atoms with van der Waals surface area (Å²) in [5.41, 5.74) is 1.41. The fourth-order valence-corrected chi connectivity index (χ4v) is 3.07. The van der Waals surface area contributed by atoms with Gasteiger partial charge in [0.15, 0.2) is 5.78 Å². The third-order valence-electron chi connectivity index (χ3n) is 3.22. The predicted molar refractivity (Wildman–Crippen MR) is 75.4 cm³/mol. The highest BCUT2D eigenvalue weighted by atomic mass is 32.1. The Labute approximate surface area is 116 Å². The van der Waals surface area contributed by atoms with E-state index in [1.165, 1.54) is 23.5 Å². The molecule has 0 aliphatic carbocycles. The molecule has 1 heterocycles. The van der Waals surface area contributed by atoms with Gasteiger partial charge in [-0.15, -0.1) is 11.3 Å². The molecular weight excluding hydrogens is 261 g/mol. The largest absolute Gasteiger partial charge is 0.294 e. The Morgan fingerprint density at radius 3 is 2.32 bits per heavy atom. The molecule has 100 valence electrons. The molecular formula is C15H16FNOS. The topological polar surface area (TPSA) is 30.0 Å². The van der Waals surface area contributed by atoms with E-state index in [2.05, 4.69) is 4.98 Å². The molecule has 2 rings (SSSR count). The van der Waals surface area contributed by atoms with E-state index in [0.717, 1.165) is 16.3 Å². The van der Waals surface area contributed by atoms with Crippen LogP contribution in [0.1, 0.15) is 46.7 Å². The SMILES string of the molecule is CC(=O)c1sc(C(C)(C)c2ccc(F)cc2)nc1C. The van der Waals surface area contributed by atoms with E-state index in [1.807, 2.05) is 20.8 Å². The second-order valence-electron chi connectivity index (χ2n) is 5.12. The van der Waals surface area contributed by atoms with E-state index in [9.17, 15) is 9.18 Å². The Balaban J connectivity index is 2.47. The third kappa shape index (κ3) is 2.59. The predicted octanol–water partition coefficient (Wildman–Crippen LogP) is 4.12. The molecule has 1 aromatic heterocycles. The summed E-state index contributed by atoms with van der Waals surface area (Å²) in [6.07, 6.45) is 0. The Morgan fingerprint density at radius 2 is 1.84 bits per heavy atom. The summed E-state index contributed by atoms with van der Waals surface area (Å²) < 4.78 is 13.0. The van der Waals surface area contributed by atoms with Gasteiger partial charge in [0.2, 0.25) is 0 Å². The maximum Gasteiger partial charge on any atom is 0.171 e. The Kier molecular flexibility index (Phi) is 3.54. The van der Waals surface area contributed by atoms with E-state index >= 15 is 0 Å². The Morgan fingerprint density at radius 1 is 1.26 bits per heavy atom. The number of carbonyl (C=O) groups is 1. The average molecular weight is 277 g/mol. The Hall–Kier alpha value is -1.55. The third-order valence-corrected chi connectivity index (χ3v) is 4.80. The summed E-state index contributed by atoms with van der Waals surface area (Å²) >= 11 is 1.42. The zero-order valence-electron chi connectivity index (χ0n) is 11.5. The van der Waals surface area contributed by atoms with Crippen molar-refractivity contribution in [1.29, 1.82) is 0 Å². The molecule has 2 aromatic rings. The molecule has 0 aliphatic heterocycles. The zero-order chi connectivity index (χ0) is 14.2. The molecule has 0 amide bonds. The second-order valence-corrected chi connectivity index (χ2v) is 6.12. The summed E-state index contributed by atoms with van der Waals surface area (Å²) in [6.45, 7) is 7.46. The zero-order valence-corrected chi connectivity index (χ0v) is 12.3. The Bertz CT molecular complexity index is 614. The van der Waals surface area contributed by atoms with Crippen molar-refractivity contribution in [1.82, 2.24) is 4.98 Å². The summed E-state index contributed by atoms with van der Waals surface area (Å²) in [5, 5.41) is 0.877. The fraction of sp³-hybridized carbons (Fsp3) is 0.333. The van der Waals surface area contributed by atoms with Gasteiger partial charge in [0.25, 0.3) is 0 Å². The minimum Gasteiger partial charge on any atom is -0.294 e. The van der Waals surface area contributed by atoms with Crippen LogP contribution in [0, 0.1) is 12.7 Å². The number of aromatic nitrogens is 1. The number of benzene rings is 1. The van der Waals surface area contributed by atoms with Gasteiger partial charge in [-0.25, -0.2) is 9.37 Å². The number of halogens is 1. The van der Waals surface area contributed by atoms with Crippen molar-refractivity contribution in [3.63, 3.8) is 0 Å². The van der Waals surface area contributed by atoms with Crippen LogP contribution in [0.15, 0.2) is 24.3 Å². The number of ketones is 1. The van der Waals surface area contributed by atoms with Gasteiger partial charge in [0.05, 0.1) is 10.6 Å². The molecule has 4 heteroatoms. The van der Waals surface area contributed by atoms with Crippen LogP contribution >= 0.6 is 11.3 Å². The molecule has 0 bridgehead atoms. The van der Waals surface area contributed by atoms with E-state index in [-0.39, 0.29) is 17.0 Å². The average Bonchev–Trinajstić information content (AvgIpc) is 2.72. The second kappa shape index (κ2) is 4.85. The number of rotatable bonds is 3. The fourth-order valence-electron chi connectivity index (χ4n) is 1.98. The molecule has 0 N–H and O–H groups in total. The van der Waals surface area contributed by atoms with Crippen LogP contribution in [-0.4, -0.2) is 10.8 Å². The first kappa shape index (κ1) is 13.9. The van der Waals surface area contributed by atoms with Crippen molar-refractivity contribution >= 4 is 17.1 Å². The van der Waals surface area contributed by atoms with Gasteiger partial charge in [-0.1, -0.05) is 12.1 Å². The minimum atomic E-state index is -0.336. The minimum absolute atomic E-state index is 0.0381. The summed E-state index contributed by atoms with van der Waals surface area (Å²) in [7, 11) is 0. The maximum absolute atomic E-state index is 13.0. The molecule has 0 unspecified atom stereocenters. The molecule has 0 saturated heterocycles. The van der Waals surface area contributed by atoms with Gasteiger partial charge in [0.1, 0.15) is 10.8 Å². The lowest BCUT2D eigenvalue weighted by molar-refractivity contribution is 0.102. The summed E-state index contributed by atoms with van der Waals surface area (Å²) in [6, 6.07) is 6.42. The number of carbonyl (C=O) groups excluding carboxylic acids is 1. The van der Waals surface area contributed by atoms with Gasteiger partial charge < -0.3 is 0 Å². The van der Waals surface area contributed by atoms with Crippen molar-refractivity contribution in [3.05, 3.63) is 51.2 Å². The van der Waals surface area contributed by atoms with Crippen molar-refractivity contribution in [2.24, 2.45) is 0 Å². The first-order valence-corrected chi connectivity index (χ1v) is 6.89. The van der Waals surface area contributed by atoms with Crippen LogP contribution in [0.3, 0.4) is 0 Å². The molecule has 0 aliphatic rings. The standard InChI is InChI=1S/C15H16FNOS/c1-9-13(10(2)18)19-14(17-9)15(3,4)11-5-7-12(16)8-6-11/h5-8H,1-4H3. The quantitative estimate of drug-likeness (QED) is 0.790. The van der Waals surface area contributed by atoms with E-state index in [4.69, 9.17) is 0 Å². The van der Waals surface area contributed by atoms with Crippen molar-refractivity contribution in [3.8, 4) is 0 Å². The highest BCUT2D eigenvalue weighted by Crippen LogP contribution is 2.35. The van der Waals surface area contributed by atoms with Crippen LogP contribution in [0.4, 0.5) is 4.39 Å². The lowest BCUT2D eigenvalue weighted by Gasteiger charge is -2.22. The van der Waals surface area contributed by atoms with Crippen LogP contribution in [0.2, 0.25) is 0 Å². The van der Waals surface area contributed by atoms with Crippen LogP contribution in [0.25, 0.3) is 0 Å². The number of thiazole rings is 1. The normalized spacial score (nSPS) is 11.6. The summed E-state index contributed by atoms with van der Waals surface area (Å²) in [4.78, 5) is 16.7. The van der Waals surface area contributed by atoms with Crippen molar-refractivity contribution < 1.29 is 9.18 Å². The number of nitrogens with zero attached hydrogens (tertiary/aromatic N) is 1. The van der Waals surface area contributed by atoms with Crippen LogP contribution in [0.5, 0.6) is 0 Å². The van der Waals surface area contributed by atoms with E-state index < -0.39 is 0 Å².